The van der Waals surface area contributed by atoms with Crippen molar-refractivity contribution < 1.29 is 4.74 Å². The van der Waals surface area contributed by atoms with Crippen LogP contribution in [-0.4, -0.2) is 21.9 Å². The van der Waals surface area contributed by atoms with Gasteiger partial charge in [-0.15, -0.1) is 10.2 Å². The van der Waals surface area contributed by atoms with Gasteiger partial charge in [0.2, 0.25) is 0 Å². The van der Waals surface area contributed by atoms with Crippen LogP contribution in [0, 0.1) is 0 Å². The molecule has 0 fully saturated rings. The first-order valence-electron chi connectivity index (χ1n) is 5.69. The molecule has 0 radical (unpaired) electrons. The lowest BCUT2D eigenvalue weighted by molar-refractivity contribution is 0.411. The van der Waals surface area contributed by atoms with Gasteiger partial charge in [-0.1, -0.05) is 27.7 Å². The third-order valence-corrected chi connectivity index (χ3v) is 4.27. The molecule has 1 aromatic heterocycles. The topological polar surface area (TPSA) is 66.0 Å². The average molecular weight is 343 g/mol. The molecule has 0 unspecified atom stereocenters. The van der Waals surface area contributed by atoms with Gasteiger partial charge in [0.1, 0.15) is 11.6 Å². The number of rotatable bonds is 5. The highest BCUT2D eigenvalue weighted by molar-refractivity contribution is 9.10. The summed E-state index contributed by atoms with van der Waals surface area (Å²) >= 11 is 5.07. The van der Waals surface area contributed by atoms with Crippen molar-refractivity contribution in [3.05, 3.63) is 34.1 Å². The summed E-state index contributed by atoms with van der Waals surface area (Å²) in [4.78, 5) is 0. The summed E-state index contributed by atoms with van der Waals surface area (Å²) in [5.41, 5.74) is 6.69. The van der Waals surface area contributed by atoms with Gasteiger partial charge in [-0.2, -0.15) is 0 Å². The van der Waals surface area contributed by atoms with Crippen LogP contribution >= 0.6 is 27.7 Å². The van der Waals surface area contributed by atoms with Crippen molar-refractivity contribution in [2.75, 3.05) is 7.11 Å². The molecule has 7 heteroatoms. The molecule has 0 aliphatic heterocycles. The van der Waals surface area contributed by atoms with Gasteiger partial charge in [0.15, 0.2) is 5.16 Å². The van der Waals surface area contributed by atoms with Crippen LogP contribution in [0.5, 0.6) is 5.75 Å². The molecule has 102 valence electrons. The molecule has 1 aromatic carbocycles. The van der Waals surface area contributed by atoms with E-state index in [0.717, 1.165) is 32.5 Å². The molecular weight excluding hydrogens is 328 g/mol. The Labute approximate surface area is 124 Å². The van der Waals surface area contributed by atoms with Crippen LogP contribution < -0.4 is 10.5 Å². The van der Waals surface area contributed by atoms with E-state index in [4.69, 9.17) is 10.5 Å². The lowest BCUT2D eigenvalue weighted by atomic mass is 10.2. The van der Waals surface area contributed by atoms with E-state index in [1.807, 2.05) is 29.8 Å². The summed E-state index contributed by atoms with van der Waals surface area (Å²) in [5.74, 6) is 2.42. The fraction of sp³-hybridized carbons (Fsp3) is 0.333. The zero-order chi connectivity index (χ0) is 13.8. The molecule has 0 amide bonds. The predicted octanol–water partition coefficient (Wildman–Crippen LogP) is 2.34. The number of hydrogen-bond donors (Lipinski definition) is 1. The smallest absolute Gasteiger partial charge is 0.191 e. The van der Waals surface area contributed by atoms with Crippen molar-refractivity contribution in [1.82, 2.24) is 14.8 Å². The quantitative estimate of drug-likeness (QED) is 0.844. The van der Waals surface area contributed by atoms with E-state index in [2.05, 4.69) is 26.1 Å². The van der Waals surface area contributed by atoms with Crippen LogP contribution in [0.1, 0.15) is 11.4 Å². The Morgan fingerprint density at radius 1 is 1.42 bits per heavy atom. The maximum Gasteiger partial charge on any atom is 0.191 e. The maximum absolute atomic E-state index is 5.58. The minimum atomic E-state index is 0.393. The molecular formula is C12H15BrN4OS. The molecule has 0 bridgehead atoms. The second-order valence-electron chi connectivity index (χ2n) is 3.91. The molecule has 0 spiro atoms. The molecule has 2 rings (SSSR count). The van der Waals surface area contributed by atoms with Crippen molar-refractivity contribution in [2.45, 2.75) is 17.5 Å². The fourth-order valence-electron chi connectivity index (χ4n) is 1.65. The van der Waals surface area contributed by atoms with Crippen molar-refractivity contribution in [3.63, 3.8) is 0 Å². The molecule has 0 saturated carbocycles. The molecule has 1 heterocycles. The zero-order valence-electron chi connectivity index (χ0n) is 10.8. The maximum atomic E-state index is 5.58. The van der Waals surface area contributed by atoms with Gasteiger partial charge in [-0.3, -0.25) is 0 Å². The van der Waals surface area contributed by atoms with E-state index in [1.54, 1.807) is 18.9 Å². The van der Waals surface area contributed by atoms with E-state index in [-0.39, 0.29) is 0 Å². The van der Waals surface area contributed by atoms with Crippen LogP contribution in [0.3, 0.4) is 0 Å². The first-order chi connectivity index (χ1) is 9.15. The second kappa shape index (κ2) is 6.40. The van der Waals surface area contributed by atoms with Crippen LogP contribution in [0.2, 0.25) is 0 Å². The normalized spacial score (nSPS) is 10.7. The van der Waals surface area contributed by atoms with Gasteiger partial charge in [-0.05, 0) is 18.2 Å². The van der Waals surface area contributed by atoms with Crippen molar-refractivity contribution in [1.29, 1.82) is 0 Å². The Morgan fingerprint density at radius 3 is 2.84 bits per heavy atom. The molecule has 19 heavy (non-hydrogen) atoms. The Balaban J connectivity index is 2.13. The van der Waals surface area contributed by atoms with Crippen LogP contribution in [-0.2, 0) is 19.3 Å². The summed E-state index contributed by atoms with van der Waals surface area (Å²) in [6, 6.07) is 5.95. The van der Waals surface area contributed by atoms with Gasteiger partial charge >= 0.3 is 0 Å². The van der Waals surface area contributed by atoms with Gasteiger partial charge in [0, 0.05) is 22.8 Å². The zero-order valence-corrected chi connectivity index (χ0v) is 13.2. The Morgan fingerprint density at radius 2 is 2.21 bits per heavy atom. The molecule has 0 aliphatic rings. The van der Waals surface area contributed by atoms with Crippen LogP contribution in [0.15, 0.2) is 27.8 Å². The summed E-state index contributed by atoms with van der Waals surface area (Å²) in [5, 5.41) is 9.01. The largest absolute Gasteiger partial charge is 0.496 e. The summed E-state index contributed by atoms with van der Waals surface area (Å²) in [6.07, 6.45) is 0. The Bertz CT molecular complexity index is 573. The first-order valence-corrected chi connectivity index (χ1v) is 7.47. The monoisotopic (exact) mass is 342 g/mol. The second-order valence-corrected chi connectivity index (χ2v) is 5.76. The molecule has 2 N–H and O–H groups in total. The Kier molecular flexibility index (Phi) is 4.84. The van der Waals surface area contributed by atoms with Crippen molar-refractivity contribution >= 4 is 27.7 Å². The number of nitrogens with zero attached hydrogens (tertiary/aromatic N) is 3. The number of hydrogen-bond acceptors (Lipinski definition) is 5. The number of benzene rings is 1. The molecule has 2 aromatic rings. The number of nitrogens with two attached hydrogens (primary N) is 1. The first kappa shape index (κ1) is 14.4. The van der Waals surface area contributed by atoms with Gasteiger partial charge in [-0.25, -0.2) is 0 Å². The average Bonchev–Trinajstić information content (AvgIpc) is 2.77. The van der Waals surface area contributed by atoms with E-state index >= 15 is 0 Å². The lowest BCUT2D eigenvalue weighted by Crippen LogP contribution is -2.05. The highest BCUT2D eigenvalue weighted by Gasteiger charge is 2.10. The molecule has 0 atom stereocenters. The van der Waals surface area contributed by atoms with E-state index in [0.29, 0.717) is 6.54 Å². The molecule has 5 nitrogen and oxygen atoms in total. The van der Waals surface area contributed by atoms with E-state index in [9.17, 15) is 0 Å². The number of ether oxygens (including phenoxy) is 1. The van der Waals surface area contributed by atoms with Crippen molar-refractivity contribution in [2.24, 2.45) is 12.8 Å². The molecule has 0 aliphatic carbocycles. The SMILES string of the molecule is COc1ccc(Br)cc1CSc1nnc(CN)n1C. The summed E-state index contributed by atoms with van der Waals surface area (Å²) < 4.78 is 8.29. The van der Waals surface area contributed by atoms with E-state index in [1.165, 1.54) is 0 Å². The highest BCUT2D eigenvalue weighted by Crippen LogP contribution is 2.29. The summed E-state index contributed by atoms with van der Waals surface area (Å²) in [7, 11) is 3.59. The number of methoxy groups -OCH3 is 1. The lowest BCUT2D eigenvalue weighted by Gasteiger charge is -2.08. The van der Waals surface area contributed by atoms with Crippen molar-refractivity contribution in [3.8, 4) is 5.75 Å². The number of halogens is 1. The van der Waals surface area contributed by atoms with Crippen LogP contribution in [0.4, 0.5) is 0 Å². The van der Waals surface area contributed by atoms with Gasteiger partial charge < -0.3 is 15.0 Å². The standard InChI is InChI=1S/C12H15BrN4OS/c1-17-11(6-14)15-16-12(17)19-7-8-5-9(13)3-4-10(8)18-2/h3-5H,6-7,14H2,1-2H3. The minimum absolute atomic E-state index is 0.393. The molecule has 0 saturated heterocycles. The summed E-state index contributed by atoms with van der Waals surface area (Å²) in [6.45, 7) is 0.393. The third kappa shape index (κ3) is 3.29. The van der Waals surface area contributed by atoms with Crippen LogP contribution in [0.25, 0.3) is 0 Å². The predicted molar refractivity (Wildman–Crippen MR) is 79.1 cm³/mol. The van der Waals surface area contributed by atoms with E-state index < -0.39 is 0 Å². The minimum Gasteiger partial charge on any atom is -0.496 e. The fourth-order valence-corrected chi connectivity index (χ4v) is 2.97. The third-order valence-electron chi connectivity index (χ3n) is 2.71. The Hall–Kier alpha value is -1.05. The number of aromatic nitrogens is 3. The van der Waals surface area contributed by atoms with Gasteiger partial charge in [0.05, 0.1) is 13.7 Å². The van der Waals surface area contributed by atoms with Gasteiger partial charge in [0.25, 0.3) is 0 Å². The number of thioether (sulfide) groups is 1. The highest BCUT2D eigenvalue weighted by atomic mass is 79.9.